The summed E-state index contributed by atoms with van der Waals surface area (Å²) in [7, 11) is 0. The van der Waals surface area contributed by atoms with E-state index >= 15 is 0 Å². The third kappa shape index (κ3) is 2.32. The van der Waals surface area contributed by atoms with Crippen molar-refractivity contribution < 1.29 is 18.7 Å². The van der Waals surface area contributed by atoms with Crippen LogP contribution < -0.4 is 21.3 Å². The van der Waals surface area contributed by atoms with Gasteiger partial charge in [-0.05, 0) is 26.0 Å². The molecule has 0 bridgehead atoms. The minimum absolute atomic E-state index is 0.0566. The lowest BCUT2D eigenvalue weighted by atomic mass is 10.1. The standard InChI is InChI=1S/C16H14FN3O4/c1-7(2)24-13-9(17)4-3-5-10(13)20-11(21)6-8-12(14(20)18)16(23)19-15(8)22/h3-7H,18H2,1-2H3,(H,19,22,23). The van der Waals surface area contributed by atoms with Gasteiger partial charge in [-0.2, -0.15) is 0 Å². The molecule has 2 heterocycles. The van der Waals surface area contributed by atoms with E-state index in [1.54, 1.807) is 13.8 Å². The van der Waals surface area contributed by atoms with E-state index in [1.807, 2.05) is 0 Å². The van der Waals surface area contributed by atoms with E-state index in [0.717, 1.165) is 10.6 Å². The molecule has 1 aliphatic heterocycles. The van der Waals surface area contributed by atoms with Crippen molar-refractivity contribution in [1.82, 2.24) is 9.88 Å². The molecular weight excluding hydrogens is 317 g/mol. The summed E-state index contributed by atoms with van der Waals surface area (Å²) in [5.74, 6) is -2.48. The number of hydrogen-bond donors (Lipinski definition) is 2. The van der Waals surface area contributed by atoms with Gasteiger partial charge >= 0.3 is 0 Å². The van der Waals surface area contributed by atoms with Crippen LogP contribution in [-0.2, 0) is 0 Å². The van der Waals surface area contributed by atoms with Gasteiger partial charge in [-0.3, -0.25) is 24.3 Å². The van der Waals surface area contributed by atoms with E-state index in [1.165, 1.54) is 18.2 Å². The van der Waals surface area contributed by atoms with Crippen LogP contribution in [0.5, 0.6) is 5.75 Å². The zero-order valence-electron chi connectivity index (χ0n) is 12.9. The van der Waals surface area contributed by atoms with Crippen molar-refractivity contribution in [3.63, 3.8) is 0 Å². The number of aromatic nitrogens is 1. The van der Waals surface area contributed by atoms with Crippen molar-refractivity contribution in [2.24, 2.45) is 0 Å². The molecule has 3 rings (SSSR count). The average molecular weight is 331 g/mol. The Morgan fingerprint density at radius 3 is 2.58 bits per heavy atom. The number of nitrogens with one attached hydrogen (secondary N) is 1. The van der Waals surface area contributed by atoms with Gasteiger partial charge in [0.05, 0.1) is 22.9 Å². The minimum atomic E-state index is -0.705. The molecule has 0 fully saturated rings. The average Bonchev–Trinajstić information content (AvgIpc) is 2.76. The zero-order chi connectivity index (χ0) is 17.6. The molecule has 2 aromatic rings. The number of para-hydroxylation sites is 1. The first-order valence-electron chi connectivity index (χ1n) is 7.18. The molecule has 0 aliphatic carbocycles. The van der Waals surface area contributed by atoms with Crippen molar-refractivity contribution in [1.29, 1.82) is 0 Å². The summed E-state index contributed by atoms with van der Waals surface area (Å²) < 4.78 is 20.6. The van der Waals surface area contributed by atoms with Crippen LogP contribution >= 0.6 is 0 Å². The van der Waals surface area contributed by atoms with Gasteiger partial charge < -0.3 is 10.5 Å². The Morgan fingerprint density at radius 2 is 1.92 bits per heavy atom. The fourth-order valence-corrected chi connectivity index (χ4v) is 2.55. The lowest BCUT2D eigenvalue weighted by molar-refractivity contribution is 0.0880. The van der Waals surface area contributed by atoms with Gasteiger partial charge in [0.15, 0.2) is 11.6 Å². The number of rotatable bonds is 3. The molecule has 24 heavy (non-hydrogen) atoms. The molecule has 0 saturated heterocycles. The summed E-state index contributed by atoms with van der Waals surface area (Å²) in [5.41, 5.74) is 5.12. The number of anilines is 1. The van der Waals surface area contributed by atoms with Crippen LogP contribution in [0, 0.1) is 5.82 Å². The molecular formula is C16H14FN3O4. The molecule has 0 atom stereocenters. The highest BCUT2D eigenvalue weighted by molar-refractivity contribution is 6.23. The number of pyridine rings is 1. The number of amides is 2. The molecule has 0 spiro atoms. The molecule has 0 unspecified atom stereocenters. The molecule has 2 amide bonds. The van der Waals surface area contributed by atoms with Gasteiger partial charge in [-0.15, -0.1) is 0 Å². The summed E-state index contributed by atoms with van der Waals surface area (Å²) in [6, 6.07) is 5.02. The van der Waals surface area contributed by atoms with Crippen LogP contribution in [0.3, 0.4) is 0 Å². The minimum Gasteiger partial charge on any atom is -0.486 e. The van der Waals surface area contributed by atoms with E-state index in [9.17, 15) is 18.8 Å². The lowest BCUT2D eigenvalue weighted by Gasteiger charge is -2.18. The van der Waals surface area contributed by atoms with Crippen LogP contribution in [0.4, 0.5) is 10.2 Å². The van der Waals surface area contributed by atoms with E-state index < -0.39 is 23.2 Å². The fourth-order valence-electron chi connectivity index (χ4n) is 2.55. The predicted octanol–water partition coefficient (Wildman–Crippen LogP) is 1.23. The number of halogens is 1. The van der Waals surface area contributed by atoms with E-state index in [0.29, 0.717) is 0 Å². The summed E-state index contributed by atoms with van der Waals surface area (Å²) in [4.78, 5) is 36.0. The van der Waals surface area contributed by atoms with Crippen molar-refractivity contribution in [2.75, 3.05) is 5.73 Å². The molecule has 124 valence electrons. The first kappa shape index (κ1) is 15.7. The maximum atomic E-state index is 14.2. The highest BCUT2D eigenvalue weighted by atomic mass is 19.1. The number of imide groups is 1. The predicted molar refractivity (Wildman–Crippen MR) is 84.0 cm³/mol. The Morgan fingerprint density at radius 1 is 1.21 bits per heavy atom. The largest absolute Gasteiger partial charge is 0.486 e. The Hall–Kier alpha value is -3.16. The van der Waals surface area contributed by atoms with Crippen LogP contribution in [-0.4, -0.2) is 22.5 Å². The number of ether oxygens (including phenoxy) is 1. The lowest BCUT2D eigenvalue weighted by Crippen LogP contribution is -2.25. The van der Waals surface area contributed by atoms with Crippen molar-refractivity contribution in [2.45, 2.75) is 20.0 Å². The number of benzene rings is 1. The maximum Gasteiger partial charge on any atom is 0.262 e. The number of nitrogens with two attached hydrogens (primary N) is 1. The molecule has 8 heteroatoms. The number of nitrogens with zero attached hydrogens (tertiary/aromatic N) is 1. The van der Waals surface area contributed by atoms with Gasteiger partial charge in [-0.1, -0.05) is 6.07 Å². The van der Waals surface area contributed by atoms with Crippen LogP contribution in [0.2, 0.25) is 0 Å². The second kappa shape index (κ2) is 5.48. The normalized spacial score (nSPS) is 13.2. The number of nitrogen functional groups attached to an aromatic ring is 1. The number of fused-ring (bicyclic) bond motifs is 1. The van der Waals surface area contributed by atoms with Crippen molar-refractivity contribution >= 4 is 17.6 Å². The van der Waals surface area contributed by atoms with E-state index in [2.05, 4.69) is 5.32 Å². The second-order valence-corrected chi connectivity index (χ2v) is 5.53. The monoisotopic (exact) mass is 331 g/mol. The van der Waals surface area contributed by atoms with Crippen molar-refractivity contribution in [3.8, 4) is 11.4 Å². The molecule has 1 aromatic carbocycles. The fraction of sp³-hybridized carbons (Fsp3) is 0.188. The van der Waals surface area contributed by atoms with Crippen LogP contribution in [0.15, 0.2) is 29.1 Å². The number of carbonyl (C=O) groups excluding carboxylic acids is 2. The summed E-state index contributed by atoms with van der Waals surface area (Å²) >= 11 is 0. The molecule has 3 N–H and O–H groups in total. The third-order valence-corrected chi connectivity index (χ3v) is 3.49. The summed E-state index contributed by atoms with van der Waals surface area (Å²) in [6.07, 6.45) is -0.350. The molecule has 7 nitrogen and oxygen atoms in total. The third-order valence-electron chi connectivity index (χ3n) is 3.49. The maximum absolute atomic E-state index is 14.2. The summed E-state index contributed by atoms with van der Waals surface area (Å²) in [6.45, 7) is 3.41. The van der Waals surface area contributed by atoms with E-state index in [4.69, 9.17) is 10.5 Å². The van der Waals surface area contributed by atoms with Gasteiger partial charge in [0.1, 0.15) is 5.82 Å². The van der Waals surface area contributed by atoms with Crippen molar-refractivity contribution in [3.05, 3.63) is 51.6 Å². The van der Waals surface area contributed by atoms with Gasteiger partial charge in [0.25, 0.3) is 17.4 Å². The Kier molecular flexibility index (Phi) is 3.59. The van der Waals surface area contributed by atoms with Crippen LogP contribution in [0.1, 0.15) is 34.6 Å². The quantitative estimate of drug-likeness (QED) is 0.823. The zero-order valence-corrected chi connectivity index (χ0v) is 12.9. The second-order valence-electron chi connectivity index (χ2n) is 5.53. The Balaban J connectivity index is 2.32. The molecule has 0 radical (unpaired) electrons. The molecule has 1 aliphatic rings. The number of hydrogen-bond acceptors (Lipinski definition) is 5. The van der Waals surface area contributed by atoms with Gasteiger partial charge in [-0.25, -0.2) is 4.39 Å². The summed E-state index contributed by atoms with van der Waals surface area (Å²) in [5, 5.41) is 2.07. The van der Waals surface area contributed by atoms with E-state index in [-0.39, 0.29) is 34.5 Å². The number of carbonyl (C=O) groups is 2. The van der Waals surface area contributed by atoms with Crippen LogP contribution in [0.25, 0.3) is 5.69 Å². The first-order chi connectivity index (χ1) is 11.3. The molecule has 1 aromatic heterocycles. The molecule has 0 saturated carbocycles. The van der Waals surface area contributed by atoms with Gasteiger partial charge in [0.2, 0.25) is 0 Å². The van der Waals surface area contributed by atoms with Gasteiger partial charge in [0, 0.05) is 6.07 Å². The Bertz CT molecular complexity index is 934. The Labute approximate surface area is 135 Å². The smallest absolute Gasteiger partial charge is 0.262 e. The highest BCUT2D eigenvalue weighted by Gasteiger charge is 2.32. The first-order valence-corrected chi connectivity index (χ1v) is 7.18. The topological polar surface area (TPSA) is 103 Å². The highest BCUT2D eigenvalue weighted by Crippen LogP contribution is 2.30. The SMILES string of the molecule is CC(C)Oc1c(F)cccc1-n1c(N)c2c(cc1=O)C(=O)NC2=O.